The van der Waals surface area contributed by atoms with E-state index in [1.807, 2.05) is 0 Å². The highest BCUT2D eigenvalue weighted by Crippen LogP contribution is 2.26. The molecule has 0 N–H and O–H groups in total. The first-order valence-corrected chi connectivity index (χ1v) is 6.70. The number of hydrogen-bond acceptors (Lipinski definition) is 4. The maximum absolute atomic E-state index is 13.5. The van der Waals surface area contributed by atoms with Crippen LogP contribution in [-0.4, -0.2) is 33.7 Å². The molecule has 1 aromatic heterocycles. The molecule has 2 aromatic rings. The molecule has 0 radical (unpaired) electrons. The molecule has 20 heavy (non-hydrogen) atoms. The van der Waals surface area contributed by atoms with Crippen molar-refractivity contribution < 1.29 is 13.9 Å². The van der Waals surface area contributed by atoms with E-state index >= 15 is 0 Å². The lowest BCUT2D eigenvalue weighted by Crippen LogP contribution is -2.26. The van der Waals surface area contributed by atoms with Crippen molar-refractivity contribution in [3.63, 3.8) is 0 Å². The Morgan fingerprint density at radius 1 is 1.50 bits per heavy atom. The number of benzene rings is 1. The zero-order chi connectivity index (χ0) is 14.1. The topological polar surface area (TPSA) is 60.3 Å². The van der Waals surface area contributed by atoms with Crippen LogP contribution in [-0.2, 0) is 11.3 Å². The number of carbonyl (C=O) groups excluding carboxylic acids is 1. The molecule has 1 aromatic carbocycles. The molecule has 0 bridgehead atoms. The molecule has 1 atom stereocenters. The maximum atomic E-state index is 13.5. The summed E-state index contributed by atoms with van der Waals surface area (Å²) >= 11 is 3.08. The minimum atomic E-state index is -0.489. The Morgan fingerprint density at radius 2 is 2.35 bits per heavy atom. The van der Waals surface area contributed by atoms with Crippen LogP contribution in [0.15, 0.2) is 35.1 Å². The van der Waals surface area contributed by atoms with Crippen LogP contribution in [0.2, 0.25) is 0 Å². The minimum absolute atomic E-state index is 0.337. The molecule has 0 unspecified atom stereocenters. The second kappa shape index (κ2) is 5.20. The number of nitrogens with zero attached hydrogens (tertiary/aromatic N) is 4. The van der Waals surface area contributed by atoms with Gasteiger partial charge >= 0.3 is 6.09 Å². The number of carbonyl (C=O) groups is 1. The van der Waals surface area contributed by atoms with Crippen LogP contribution in [0.1, 0.15) is 0 Å². The zero-order valence-electron chi connectivity index (χ0n) is 10.2. The zero-order valence-corrected chi connectivity index (χ0v) is 11.8. The van der Waals surface area contributed by atoms with Gasteiger partial charge < -0.3 is 4.74 Å². The summed E-state index contributed by atoms with van der Waals surface area (Å²) in [6.45, 7) is 0.765. The quantitative estimate of drug-likeness (QED) is 0.859. The Morgan fingerprint density at radius 3 is 3.05 bits per heavy atom. The van der Waals surface area contributed by atoms with Crippen LogP contribution >= 0.6 is 15.9 Å². The summed E-state index contributed by atoms with van der Waals surface area (Å²) in [6.07, 6.45) is 2.42. The van der Waals surface area contributed by atoms with Gasteiger partial charge in [-0.25, -0.2) is 13.9 Å². The molecule has 104 valence electrons. The number of halogens is 2. The van der Waals surface area contributed by atoms with Gasteiger partial charge in [0.05, 0.1) is 29.4 Å². The van der Waals surface area contributed by atoms with E-state index in [2.05, 4.69) is 26.2 Å². The summed E-state index contributed by atoms with van der Waals surface area (Å²) in [4.78, 5) is 13.2. The predicted molar refractivity (Wildman–Crippen MR) is 71.7 cm³/mol. The summed E-state index contributed by atoms with van der Waals surface area (Å²) in [5.74, 6) is -0.421. The Bertz CT molecular complexity index is 634. The number of rotatable bonds is 3. The molecule has 0 saturated carbocycles. The molecule has 1 aliphatic heterocycles. The first kappa shape index (κ1) is 13.0. The van der Waals surface area contributed by atoms with Crippen molar-refractivity contribution in [3.05, 3.63) is 40.9 Å². The summed E-state index contributed by atoms with van der Waals surface area (Å²) in [5.41, 5.74) is 0.469. The number of amides is 1. The Labute approximate surface area is 122 Å². The monoisotopic (exact) mass is 340 g/mol. The fourth-order valence-corrected chi connectivity index (χ4v) is 2.27. The number of hydrogen-bond donors (Lipinski definition) is 0. The van der Waals surface area contributed by atoms with E-state index in [1.54, 1.807) is 29.2 Å². The van der Waals surface area contributed by atoms with Crippen molar-refractivity contribution in [3.8, 4) is 0 Å². The van der Waals surface area contributed by atoms with Crippen molar-refractivity contribution in [2.75, 3.05) is 11.4 Å². The van der Waals surface area contributed by atoms with Gasteiger partial charge in [0, 0.05) is 6.20 Å². The fraction of sp³-hybridized carbons (Fsp3) is 0.250. The van der Waals surface area contributed by atoms with Crippen LogP contribution < -0.4 is 4.90 Å². The lowest BCUT2D eigenvalue weighted by molar-refractivity contribution is 0.129. The molecular formula is C12H10BrFN4O2. The molecule has 0 aliphatic carbocycles. The number of ether oxygens (including phenoxy) is 1. The average molecular weight is 341 g/mol. The Kier molecular flexibility index (Phi) is 3.39. The van der Waals surface area contributed by atoms with E-state index in [0.29, 0.717) is 23.2 Å². The highest BCUT2D eigenvalue weighted by atomic mass is 79.9. The molecule has 1 aliphatic rings. The lowest BCUT2D eigenvalue weighted by Gasteiger charge is -2.13. The van der Waals surface area contributed by atoms with Crippen molar-refractivity contribution in [1.82, 2.24) is 15.0 Å². The van der Waals surface area contributed by atoms with Crippen LogP contribution in [0.4, 0.5) is 14.9 Å². The third-order valence-corrected chi connectivity index (χ3v) is 3.59. The lowest BCUT2D eigenvalue weighted by atomic mass is 10.2. The van der Waals surface area contributed by atoms with Gasteiger partial charge in [-0.3, -0.25) is 4.90 Å². The number of aromatic nitrogens is 3. The Hall–Kier alpha value is -1.96. The minimum Gasteiger partial charge on any atom is -0.442 e. The van der Waals surface area contributed by atoms with Gasteiger partial charge in [0.1, 0.15) is 11.9 Å². The van der Waals surface area contributed by atoms with Gasteiger partial charge in [-0.05, 0) is 34.1 Å². The van der Waals surface area contributed by atoms with E-state index < -0.39 is 11.9 Å². The van der Waals surface area contributed by atoms with Crippen LogP contribution in [0.25, 0.3) is 0 Å². The third kappa shape index (κ3) is 2.51. The predicted octanol–water partition coefficient (Wildman–Crippen LogP) is 2.21. The molecule has 3 rings (SSSR count). The van der Waals surface area contributed by atoms with Gasteiger partial charge in [-0.15, -0.1) is 5.10 Å². The molecule has 1 amide bonds. The second-order valence-electron chi connectivity index (χ2n) is 4.34. The van der Waals surface area contributed by atoms with Gasteiger partial charge in [0.15, 0.2) is 0 Å². The molecule has 6 nitrogen and oxygen atoms in total. The van der Waals surface area contributed by atoms with Crippen LogP contribution in [0, 0.1) is 5.82 Å². The molecular weight excluding hydrogens is 331 g/mol. The number of cyclic esters (lactones) is 1. The van der Waals surface area contributed by atoms with Crippen molar-refractivity contribution in [2.45, 2.75) is 12.6 Å². The largest absolute Gasteiger partial charge is 0.442 e. The molecule has 2 heterocycles. The number of anilines is 1. The van der Waals surface area contributed by atoms with Gasteiger partial charge in [0.2, 0.25) is 0 Å². The highest BCUT2D eigenvalue weighted by Gasteiger charge is 2.33. The first-order chi connectivity index (χ1) is 9.63. The van der Waals surface area contributed by atoms with Gasteiger partial charge in [-0.1, -0.05) is 5.21 Å². The Balaban J connectivity index is 1.75. The summed E-state index contributed by atoms with van der Waals surface area (Å²) < 4.78 is 20.7. The molecule has 1 saturated heterocycles. The summed E-state index contributed by atoms with van der Waals surface area (Å²) in [5, 5.41) is 7.50. The van der Waals surface area contributed by atoms with Crippen LogP contribution in [0.5, 0.6) is 0 Å². The molecule has 0 spiro atoms. The van der Waals surface area contributed by atoms with Gasteiger partial charge in [0.25, 0.3) is 0 Å². The molecule has 1 fully saturated rings. The fourth-order valence-electron chi connectivity index (χ4n) is 2.02. The maximum Gasteiger partial charge on any atom is 0.414 e. The summed E-state index contributed by atoms with van der Waals surface area (Å²) in [6, 6.07) is 4.51. The van der Waals surface area contributed by atoms with E-state index in [-0.39, 0.29) is 6.10 Å². The average Bonchev–Trinajstić information content (AvgIpc) is 3.03. The van der Waals surface area contributed by atoms with E-state index in [1.165, 1.54) is 11.0 Å². The van der Waals surface area contributed by atoms with Gasteiger partial charge in [-0.2, -0.15) is 0 Å². The van der Waals surface area contributed by atoms with Crippen molar-refractivity contribution in [1.29, 1.82) is 0 Å². The van der Waals surface area contributed by atoms with Crippen molar-refractivity contribution >= 4 is 27.7 Å². The smallest absolute Gasteiger partial charge is 0.414 e. The summed E-state index contributed by atoms with van der Waals surface area (Å²) in [7, 11) is 0. The third-order valence-electron chi connectivity index (χ3n) is 2.95. The second-order valence-corrected chi connectivity index (χ2v) is 5.19. The molecule has 8 heteroatoms. The van der Waals surface area contributed by atoms with E-state index in [9.17, 15) is 9.18 Å². The highest BCUT2D eigenvalue weighted by molar-refractivity contribution is 9.10. The standard InChI is InChI=1S/C12H10BrFN4O2/c13-10-2-1-8(5-11(10)14)18-7-9(20-12(18)19)6-17-4-3-15-16-17/h1-5,9H,6-7H2/t9-/m0/s1. The van der Waals surface area contributed by atoms with E-state index in [4.69, 9.17) is 4.74 Å². The normalized spacial score (nSPS) is 18.4. The SMILES string of the molecule is O=C1O[C@@H](Cn2ccnn2)CN1c1ccc(Br)c(F)c1. The van der Waals surface area contributed by atoms with Crippen molar-refractivity contribution in [2.24, 2.45) is 0 Å². The van der Waals surface area contributed by atoms with E-state index in [0.717, 1.165) is 0 Å². The van der Waals surface area contributed by atoms with Crippen LogP contribution in [0.3, 0.4) is 0 Å². The first-order valence-electron chi connectivity index (χ1n) is 5.91.